The van der Waals surface area contributed by atoms with Gasteiger partial charge in [0.05, 0.1) is 25.4 Å². The van der Waals surface area contributed by atoms with Crippen LogP contribution in [0.25, 0.3) is 22.3 Å². The van der Waals surface area contributed by atoms with Crippen LogP contribution in [0.4, 0.5) is 11.8 Å². The molecule has 8 heteroatoms. The standard InChI is InChI=1S/C19H22N6O2/c1-26-15-6-3-11(9-16(15)27-2)13-4-5-14-17(22-13)18(24-19(21)23-14)25-8-7-12(20)10-25/h3-6,9,12H,7-8,10,20H2,1-2H3,(H2,21,23,24). The van der Waals surface area contributed by atoms with Gasteiger partial charge in [0.15, 0.2) is 17.3 Å². The molecule has 1 atom stereocenters. The molecular formula is C19H22N6O2. The molecule has 0 bridgehead atoms. The monoisotopic (exact) mass is 366 g/mol. The molecule has 4 N–H and O–H groups in total. The van der Waals surface area contributed by atoms with Crippen LogP contribution in [0.3, 0.4) is 0 Å². The zero-order valence-corrected chi connectivity index (χ0v) is 15.3. The summed E-state index contributed by atoms with van der Waals surface area (Å²) in [6, 6.07) is 9.65. The first kappa shape index (κ1) is 17.3. The van der Waals surface area contributed by atoms with Gasteiger partial charge in [-0.15, -0.1) is 0 Å². The van der Waals surface area contributed by atoms with E-state index in [-0.39, 0.29) is 12.0 Å². The van der Waals surface area contributed by atoms with Crippen molar-refractivity contribution in [2.75, 3.05) is 37.9 Å². The van der Waals surface area contributed by atoms with Crippen LogP contribution in [0.2, 0.25) is 0 Å². The maximum atomic E-state index is 6.06. The quantitative estimate of drug-likeness (QED) is 0.719. The van der Waals surface area contributed by atoms with E-state index in [1.54, 1.807) is 14.2 Å². The summed E-state index contributed by atoms with van der Waals surface area (Å²) in [5, 5.41) is 0. The Morgan fingerprint density at radius 1 is 1.04 bits per heavy atom. The average molecular weight is 366 g/mol. The smallest absolute Gasteiger partial charge is 0.222 e. The number of hydrogen-bond donors (Lipinski definition) is 2. The summed E-state index contributed by atoms with van der Waals surface area (Å²) in [7, 11) is 3.22. The fourth-order valence-electron chi connectivity index (χ4n) is 3.37. The van der Waals surface area contributed by atoms with E-state index in [2.05, 4.69) is 14.9 Å². The minimum Gasteiger partial charge on any atom is -0.493 e. The molecular weight excluding hydrogens is 344 g/mol. The fraction of sp³-hybridized carbons (Fsp3) is 0.316. The number of anilines is 2. The van der Waals surface area contributed by atoms with Crippen molar-refractivity contribution in [3.63, 3.8) is 0 Å². The van der Waals surface area contributed by atoms with Gasteiger partial charge in [0.25, 0.3) is 0 Å². The minimum atomic E-state index is 0.130. The number of hydrogen-bond acceptors (Lipinski definition) is 8. The van der Waals surface area contributed by atoms with E-state index in [1.807, 2.05) is 30.3 Å². The third-order valence-corrected chi connectivity index (χ3v) is 4.74. The van der Waals surface area contributed by atoms with Gasteiger partial charge in [-0.3, -0.25) is 0 Å². The number of nitrogen functional groups attached to an aromatic ring is 1. The van der Waals surface area contributed by atoms with E-state index < -0.39 is 0 Å². The van der Waals surface area contributed by atoms with Gasteiger partial charge in [0.2, 0.25) is 5.95 Å². The lowest BCUT2D eigenvalue weighted by Gasteiger charge is -2.19. The molecule has 1 fully saturated rings. The summed E-state index contributed by atoms with van der Waals surface area (Å²) in [6.45, 7) is 1.56. The van der Waals surface area contributed by atoms with E-state index in [9.17, 15) is 0 Å². The van der Waals surface area contributed by atoms with Crippen molar-refractivity contribution in [1.29, 1.82) is 0 Å². The lowest BCUT2D eigenvalue weighted by molar-refractivity contribution is 0.355. The molecule has 1 unspecified atom stereocenters. The Balaban J connectivity index is 1.83. The van der Waals surface area contributed by atoms with Crippen LogP contribution >= 0.6 is 0 Å². The second kappa shape index (κ2) is 6.88. The number of fused-ring (bicyclic) bond motifs is 1. The van der Waals surface area contributed by atoms with Gasteiger partial charge in [-0.1, -0.05) is 0 Å². The maximum absolute atomic E-state index is 6.06. The number of aromatic nitrogens is 3. The van der Waals surface area contributed by atoms with Gasteiger partial charge in [-0.05, 0) is 36.8 Å². The number of nitrogens with zero attached hydrogens (tertiary/aromatic N) is 4. The van der Waals surface area contributed by atoms with Crippen molar-refractivity contribution < 1.29 is 9.47 Å². The second-order valence-corrected chi connectivity index (χ2v) is 6.53. The summed E-state index contributed by atoms with van der Waals surface area (Å²) < 4.78 is 10.7. The third kappa shape index (κ3) is 3.19. The number of ether oxygens (including phenoxy) is 2. The zero-order chi connectivity index (χ0) is 19.0. The van der Waals surface area contributed by atoms with Gasteiger partial charge < -0.3 is 25.8 Å². The summed E-state index contributed by atoms with van der Waals surface area (Å²) in [5.74, 6) is 2.28. The Morgan fingerprint density at radius 3 is 2.56 bits per heavy atom. The van der Waals surface area contributed by atoms with Crippen LogP contribution in [0.15, 0.2) is 30.3 Å². The van der Waals surface area contributed by atoms with Crippen molar-refractivity contribution in [2.45, 2.75) is 12.5 Å². The van der Waals surface area contributed by atoms with E-state index in [4.69, 9.17) is 25.9 Å². The largest absolute Gasteiger partial charge is 0.493 e. The van der Waals surface area contributed by atoms with Crippen LogP contribution in [-0.2, 0) is 0 Å². The molecule has 0 aliphatic carbocycles. The Hall–Kier alpha value is -3.13. The first-order valence-electron chi connectivity index (χ1n) is 8.76. The van der Waals surface area contributed by atoms with Gasteiger partial charge in [0, 0.05) is 24.7 Å². The molecule has 3 aromatic rings. The van der Waals surface area contributed by atoms with Crippen LogP contribution in [0, 0.1) is 0 Å². The topological polar surface area (TPSA) is 112 Å². The zero-order valence-electron chi connectivity index (χ0n) is 15.3. The number of methoxy groups -OCH3 is 2. The maximum Gasteiger partial charge on any atom is 0.222 e. The van der Waals surface area contributed by atoms with Crippen molar-refractivity contribution in [2.24, 2.45) is 5.73 Å². The molecule has 2 aromatic heterocycles. The highest BCUT2D eigenvalue weighted by Crippen LogP contribution is 2.33. The highest BCUT2D eigenvalue weighted by atomic mass is 16.5. The summed E-state index contributed by atoms with van der Waals surface area (Å²) in [5.41, 5.74) is 15.1. The van der Waals surface area contributed by atoms with E-state index in [0.717, 1.165) is 36.6 Å². The number of pyridine rings is 1. The molecule has 0 radical (unpaired) electrons. The SMILES string of the molecule is COc1ccc(-c2ccc3nc(N)nc(N4CCC(N)C4)c3n2)cc1OC. The Bertz CT molecular complexity index is 993. The fourth-order valence-corrected chi connectivity index (χ4v) is 3.37. The molecule has 8 nitrogen and oxygen atoms in total. The average Bonchev–Trinajstić information content (AvgIpc) is 3.12. The Labute approximate surface area is 157 Å². The molecule has 1 saturated heterocycles. The molecule has 1 aromatic carbocycles. The third-order valence-electron chi connectivity index (χ3n) is 4.74. The molecule has 4 rings (SSSR count). The van der Waals surface area contributed by atoms with E-state index in [0.29, 0.717) is 22.5 Å². The number of nitrogens with two attached hydrogens (primary N) is 2. The number of benzene rings is 1. The lowest BCUT2D eigenvalue weighted by Crippen LogP contribution is -2.27. The first-order chi connectivity index (χ1) is 13.1. The number of rotatable bonds is 4. The summed E-state index contributed by atoms with van der Waals surface area (Å²) in [4.78, 5) is 15.7. The predicted octanol–water partition coefficient (Wildman–Crippen LogP) is 1.83. The molecule has 0 saturated carbocycles. The molecule has 1 aliphatic rings. The van der Waals surface area contributed by atoms with Crippen molar-refractivity contribution in [3.05, 3.63) is 30.3 Å². The lowest BCUT2D eigenvalue weighted by atomic mass is 10.1. The van der Waals surface area contributed by atoms with Gasteiger partial charge in [-0.25, -0.2) is 9.97 Å². The van der Waals surface area contributed by atoms with Crippen molar-refractivity contribution in [1.82, 2.24) is 15.0 Å². The van der Waals surface area contributed by atoms with Crippen LogP contribution < -0.4 is 25.8 Å². The first-order valence-corrected chi connectivity index (χ1v) is 8.76. The molecule has 140 valence electrons. The van der Waals surface area contributed by atoms with E-state index >= 15 is 0 Å². The van der Waals surface area contributed by atoms with Crippen LogP contribution in [0.5, 0.6) is 11.5 Å². The highest BCUT2D eigenvalue weighted by Gasteiger charge is 2.23. The molecule has 3 heterocycles. The van der Waals surface area contributed by atoms with Gasteiger partial charge in [0.1, 0.15) is 5.52 Å². The molecule has 0 spiro atoms. The molecule has 27 heavy (non-hydrogen) atoms. The summed E-state index contributed by atoms with van der Waals surface area (Å²) in [6.07, 6.45) is 0.917. The highest BCUT2D eigenvalue weighted by molar-refractivity contribution is 5.89. The van der Waals surface area contributed by atoms with Crippen LogP contribution in [-0.4, -0.2) is 48.3 Å². The normalized spacial score (nSPS) is 16.7. The van der Waals surface area contributed by atoms with Gasteiger partial charge in [-0.2, -0.15) is 4.98 Å². The van der Waals surface area contributed by atoms with Gasteiger partial charge >= 0.3 is 0 Å². The van der Waals surface area contributed by atoms with Crippen LogP contribution in [0.1, 0.15) is 6.42 Å². The van der Waals surface area contributed by atoms with Crippen molar-refractivity contribution in [3.8, 4) is 22.8 Å². The van der Waals surface area contributed by atoms with E-state index in [1.165, 1.54) is 0 Å². The second-order valence-electron chi connectivity index (χ2n) is 6.53. The van der Waals surface area contributed by atoms with Crippen molar-refractivity contribution >= 4 is 22.8 Å². The molecule has 0 amide bonds. The Kier molecular flexibility index (Phi) is 4.41. The Morgan fingerprint density at radius 2 is 1.85 bits per heavy atom. The molecule has 1 aliphatic heterocycles. The minimum absolute atomic E-state index is 0.130. The predicted molar refractivity (Wildman–Crippen MR) is 105 cm³/mol. The summed E-state index contributed by atoms with van der Waals surface area (Å²) >= 11 is 0.